The molecule has 0 aliphatic carbocycles. The van der Waals surface area contributed by atoms with Gasteiger partial charge in [0.25, 0.3) is 11.1 Å². The van der Waals surface area contributed by atoms with Crippen LogP contribution in [0.1, 0.15) is 27.2 Å². The van der Waals surface area contributed by atoms with Gasteiger partial charge in [-0.15, -0.1) is 0 Å². The third-order valence-corrected chi connectivity index (χ3v) is 5.91. The first kappa shape index (κ1) is 23.1. The molecule has 0 radical (unpaired) electrons. The van der Waals surface area contributed by atoms with Crippen molar-refractivity contribution in [1.29, 1.82) is 0 Å². The Morgan fingerprint density at radius 3 is 2.47 bits per heavy atom. The molecule has 2 N–H and O–H groups in total. The number of carboxylic acid groups (broad SMARTS) is 1. The van der Waals surface area contributed by atoms with E-state index in [0.29, 0.717) is 28.8 Å². The average molecular weight is 477 g/mol. The van der Waals surface area contributed by atoms with Crippen molar-refractivity contribution in [3.05, 3.63) is 82.0 Å². The number of hydrogen-bond acceptors (Lipinski definition) is 6. The fourth-order valence-corrected chi connectivity index (χ4v) is 4.43. The summed E-state index contributed by atoms with van der Waals surface area (Å²) in [5.74, 6) is -1.58. The number of benzene rings is 2. The molecule has 1 fully saturated rings. The molecular weight excluding hydrogens is 456 g/mol. The maximum absolute atomic E-state index is 12.8. The van der Waals surface area contributed by atoms with E-state index in [1.54, 1.807) is 42.5 Å². The average Bonchev–Trinajstić information content (AvgIpc) is 3.33. The molecule has 9 heteroatoms. The van der Waals surface area contributed by atoms with Crippen molar-refractivity contribution < 1.29 is 28.7 Å². The zero-order valence-electron chi connectivity index (χ0n) is 18.3. The molecule has 4 rings (SSSR count). The third-order valence-electron chi connectivity index (χ3n) is 5.00. The number of imide groups is 1. The number of rotatable bonds is 6. The summed E-state index contributed by atoms with van der Waals surface area (Å²) in [5.41, 5.74) is 3.03. The highest BCUT2D eigenvalue weighted by atomic mass is 32.2. The molecule has 1 aromatic heterocycles. The van der Waals surface area contributed by atoms with Gasteiger partial charge in [0, 0.05) is 17.3 Å². The minimum absolute atomic E-state index is 0.0820. The van der Waals surface area contributed by atoms with Crippen LogP contribution in [0.3, 0.4) is 0 Å². The Bertz CT molecular complexity index is 1340. The number of thioether (sulfide) groups is 1. The number of anilines is 1. The lowest BCUT2D eigenvalue weighted by atomic mass is 10.1. The standard InChI is InChI=1S/C25H20N2O6S/c1-14-9-15(2)11-16(10-14)26-22(28)13-27-23(29)21(34-25(27)32)12-17-7-8-20(33-17)18-5-3-4-6-19(18)24(30)31/h3-12H,13H2,1-2H3,(H,26,28)(H,30,31)/b21-12-. The number of hydrogen-bond donors (Lipinski definition) is 2. The van der Waals surface area contributed by atoms with Gasteiger partial charge in [-0.05, 0) is 67.1 Å². The maximum Gasteiger partial charge on any atom is 0.336 e. The molecule has 34 heavy (non-hydrogen) atoms. The van der Waals surface area contributed by atoms with E-state index in [0.717, 1.165) is 16.0 Å². The maximum atomic E-state index is 12.8. The molecule has 2 heterocycles. The van der Waals surface area contributed by atoms with Crippen LogP contribution >= 0.6 is 11.8 Å². The molecule has 1 aliphatic rings. The van der Waals surface area contributed by atoms with Gasteiger partial charge < -0.3 is 14.8 Å². The van der Waals surface area contributed by atoms with E-state index in [-0.39, 0.29) is 16.2 Å². The van der Waals surface area contributed by atoms with Gasteiger partial charge in [-0.2, -0.15) is 0 Å². The second kappa shape index (κ2) is 9.40. The van der Waals surface area contributed by atoms with E-state index < -0.39 is 29.6 Å². The Hall–Kier alpha value is -4.11. The molecule has 8 nitrogen and oxygen atoms in total. The van der Waals surface area contributed by atoms with Crippen molar-refractivity contribution in [2.75, 3.05) is 11.9 Å². The van der Waals surface area contributed by atoms with Gasteiger partial charge in [-0.25, -0.2) is 4.79 Å². The molecule has 0 spiro atoms. The molecule has 3 aromatic rings. The van der Waals surface area contributed by atoms with Crippen LogP contribution in [0.5, 0.6) is 0 Å². The fourth-order valence-electron chi connectivity index (χ4n) is 3.62. The van der Waals surface area contributed by atoms with Gasteiger partial charge in [0.05, 0.1) is 10.5 Å². The van der Waals surface area contributed by atoms with Crippen LogP contribution in [0.2, 0.25) is 0 Å². The number of aryl methyl sites for hydroxylation is 2. The normalized spacial score (nSPS) is 14.6. The number of amides is 3. The summed E-state index contributed by atoms with van der Waals surface area (Å²) in [6.07, 6.45) is 1.40. The van der Waals surface area contributed by atoms with Crippen molar-refractivity contribution in [2.45, 2.75) is 13.8 Å². The van der Waals surface area contributed by atoms with E-state index in [1.165, 1.54) is 12.1 Å². The first-order chi connectivity index (χ1) is 16.2. The van der Waals surface area contributed by atoms with Crippen LogP contribution in [-0.2, 0) is 9.59 Å². The van der Waals surface area contributed by atoms with Crippen LogP contribution in [0.25, 0.3) is 17.4 Å². The van der Waals surface area contributed by atoms with Crippen molar-refractivity contribution in [1.82, 2.24) is 4.90 Å². The number of aromatic carboxylic acids is 1. The summed E-state index contributed by atoms with van der Waals surface area (Å²) >= 11 is 0.707. The number of nitrogens with one attached hydrogen (secondary N) is 1. The lowest BCUT2D eigenvalue weighted by molar-refractivity contribution is -0.127. The summed E-state index contributed by atoms with van der Waals surface area (Å²) in [4.78, 5) is 50.0. The molecule has 3 amide bonds. The zero-order valence-corrected chi connectivity index (χ0v) is 19.1. The molecule has 0 bridgehead atoms. The summed E-state index contributed by atoms with van der Waals surface area (Å²) < 4.78 is 5.71. The van der Waals surface area contributed by atoms with Crippen molar-refractivity contribution >= 4 is 46.5 Å². The predicted molar refractivity (Wildman–Crippen MR) is 128 cm³/mol. The third kappa shape index (κ3) is 4.94. The van der Waals surface area contributed by atoms with E-state index in [2.05, 4.69) is 5.32 Å². The Balaban J connectivity index is 1.48. The fraction of sp³-hybridized carbons (Fsp3) is 0.120. The highest BCUT2D eigenvalue weighted by molar-refractivity contribution is 8.18. The number of carbonyl (C=O) groups is 4. The van der Waals surface area contributed by atoms with Gasteiger partial charge in [-0.3, -0.25) is 19.3 Å². The molecule has 0 atom stereocenters. The van der Waals surface area contributed by atoms with E-state index in [9.17, 15) is 24.3 Å². The first-order valence-electron chi connectivity index (χ1n) is 10.3. The topological polar surface area (TPSA) is 117 Å². The SMILES string of the molecule is Cc1cc(C)cc(NC(=O)CN2C(=O)S/C(=C\c3ccc(-c4ccccc4C(=O)O)o3)C2=O)c1. The number of furan rings is 1. The van der Waals surface area contributed by atoms with Gasteiger partial charge in [0.15, 0.2) is 0 Å². The van der Waals surface area contributed by atoms with Crippen LogP contribution in [0.15, 0.2) is 63.9 Å². The molecule has 2 aromatic carbocycles. The second-order valence-corrected chi connectivity index (χ2v) is 8.74. The van der Waals surface area contributed by atoms with Crippen molar-refractivity contribution in [3.8, 4) is 11.3 Å². The Kier molecular flexibility index (Phi) is 6.38. The van der Waals surface area contributed by atoms with Crippen molar-refractivity contribution in [2.24, 2.45) is 0 Å². The summed E-state index contributed by atoms with van der Waals surface area (Å²) in [6, 6.07) is 15.1. The minimum Gasteiger partial charge on any atom is -0.478 e. The number of carboxylic acids is 1. The lowest BCUT2D eigenvalue weighted by Gasteiger charge is -2.13. The number of nitrogens with zero attached hydrogens (tertiary/aromatic N) is 1. The predicted octanol–water partition coefficient (Wildman–Crippen LogP) is 4.94. The van der Waals surface area contributed by atoms with Crippen LogP contribution in [0, 0.1) is 13.8 Å². The Morgan fingerprint density at radius 2 is 1.76 bits per heavy atom. The van der Waals surface area contributed by atoms with E-state index >= 15 is 0 Å². The highest BCUT2D eigenvalue weighted by Crippen LogP contribution is 2.34. The summed E-state index contributed by atoms with van der Waals surface area (Å²) in [5, 5.41) is 11.5. The van der Waals surface area contributed by atoms with Gasteiger partial charge >= 0.3 is 5.97 Å². The first-order valence-corrected chi connectivity index (χ1v) is 11.1. The smallest absolute Gasteiger partial charge is 0.336 e. The van der Waals surface area contributed by atoms with Gasteiger partial charge in [0.2, 0.25) is 5.91 Å². The number of carbonyl (C=O) groups excluding carboxylic acids is 3. The van der Waals surface area contributed by atoms with E-state index in [4.69, 9.17) is 4.42 Å². The minimum atomic E-state index is -1.09. The van der Waals surface area contributed by atoms with Gasteiger partial charge in [0.1, 0.15) is 18.1 Å². The van der Waals surface area contributed by atoms with Crippen LogP contribution < -0.4 is 5.32 Å². The molecular formula is C25H20N2O6S. The van der Waals surface area contributed by atoms with Crippen molar-refractivity contribution in [3.63, 3.8) is 0 Å². The summed E-state index contributed by atoms with van der Waals surface area (Å²) in [6.45, 7) is 3.40. The van der Waals surface area contributed by atoms with Gasteiger partial charge in [-0.1, -0.05) is 24.3 Å². The summed E-state index contributed by atoms with van der Waals surface area (Å²) in [7, 11) is 0. The molecule has 1 aliphatic heterocycles. The second-order valence-electron chi connectivity index (χ2n) is 7.75. The monoisotopic (exact) mass is 476 g/mol. The molecule has 0 unspecified atom stereocenters. The molecule has 172 valence electrons. The molecule has 1 saturated heterocycles. The zero-order chi connectivity index (χ0) is 24.4. The van der Waals surface area contributed by atoms with Crippen LogP contribution in [-0.4, -0.2) is 39.6 Å². The van der Waals surface area contributed by atoms with Crippen LogP contribution in [0.4, 0.5) is 10.5 Å². The highest BCUT2D eigenvalue weighted by Gasteiger charge is 2.36. The molecule has 0 saturated carbocycles. The quantitative estimate of drug-likeness (QED) is 0.484. The lowest BCUT2D eigenvalue weighted by Crippen LogP contribution is -2.36. The Labute approximate surface area is 199 Å². The Morgan fingerprint density at radius 1 is 1.06 bits per heavy atom. The largest absolute Gasteiger partial charge is 0.478 e. The van der Waals surface area contributed by atoms with E-state index in [1.807, 2.05) is 19.9 Å².